The number of unbranched alkanes of at least 4 members (excludes halogenated alkanes) is 1. The van der Waals surface area contributed by atoms with Gasteiger partial charge in [0.25, 0.3) is 5.91 Å². The van der Waals surface area contributed by atoms with E-state index in [4.69, 9.17) is 10.8 Å². The van der Waals surface area contributed by atoms with Crippen molar-refractivity contribution in [1.29, 1.82) is 0 Å². The van der Waals surface area contributed by atoms with E-state index >= 15 is 0 Å². The van der Waals surface area contributed by atoms with Gasteiger partial charge >= 0.3 is 5.97 Å². The molecule has 6 nitrogen and oxygen atoms in total. The number of amides is 2. The van der Waals surface area contributed by atoms with Gasteiger partial charge in [-0.2, -0.15) is 0 Å². The lowest BCUT2D eigenvalue weighted by Gasteiger charge is -2.24. The molecule has 1 heterocycles. The Morgan fingerprint density at radius 1 is 1.39 bits per heavy atom. The summed E-state index contributed by atoms with van der Waals surface area (Å²) in [5, 5.41) is 8.81. The van der Waals surface area contributed by atoms with Gasteiger partial charge in [-0.25, -0.2) is 0 Å². The van der Waals surface area contributed by atoms with Gasteiger partial charge in [0.2, 0.25) is 5.91 Å². The molecule has 1 aliphatic rings. The van der Waals surface area contributed by atoms with E-state index < -0.39 is 17.9 Å². The number of nitrogens with zero attached hydrogens (tertiary/aromatic N) is 1. The monoisotopic (exact) mass is 318 g/mol. The highest BCUT2D eigenvalue weighted by Gasteiger charge is 2.36. The predicted octanol–water partition coefficient (Wildman–Crippen LogP) is 1.70. The second kappa shape index (κ2) is 7.26. The summed E-state index contributed by atoms with van der Waals surface area (Å²) in [5.41, 5.74) is 8.04. The summed E-state index contributed by atoms with van der Waals surface area (Å²) >= 11 is 0. The van der Waals surface area contributed by atoms with E-state index in [9.17, 15) is 14.4 Å². The van der Waals surface area contributed by atoms with Crippen LogP contribution in [0.1, 0.15) is 54.1 Å². The maximum absolute atomic E-state index is 12.6. The Morgan fingerprint density at radius 3 is 2.74 bits per heavy atom. The second-order valence-corrected chi connectivity index (χ2v) is 5.83. The van der Waals surface area contributed by atoms with Gasteiger partial charge < -0.3 is 15.7 Å². The lowest BCUT2D eigenvalue weighted by atomic mass is 9.99. The molecule has 124 valence electrons. The normalized spacial score (nSPS) is 14.7. The third-order valence-electron chi connectivity index (χ3n) is 4.23. The first-order valence-electron chi connectivity index (χ1n) is 7.88. The highest BCUT2D eigenvalue weighted by Crippen LogP contribution is 2.29. The minimum atomic E-state index is -1.01. The van der Waals surface area contributed by atoms with Crippen LogP contribution in [-0.2, 0) is 22.6 Å². The number of carbonyl (C=O) groups is 3. The van der Waals surface area contributed by atoms with Crippen LogP contribution in [0, 0.1) is 0 Å². The average molecular weight is 318 g/mol. The van der Waals surface area contributed by atoms with Gasteiger partial charge in [-0.05, 0) is 36.5 Å². The molecule has 3 N–H and O–H groups in total. The van der Waals surface area contributed by atoms with E-state index in [1.807, 2.05) is 12.1 Å². The number of nitrogens with two attached hydrogens (primary N) is 1. The molecule has 1 aromatic rings. The number of rotatable bonds is 8. The Balaban J connectivity index is 2.24. The number of aliphatic carboxylic acids is 1. The molecule has 2 rings (SSSR count). The molecule has 2 amide bonds. The second-order valence-electron chi connectivity index (χ2n) is 5.83. The van der Waals surface area contributed by atoms with Gasteiger partial charge in [0, 0.05) is 18.5 Å². The molecule has 0 aromatic heterocycles. The van der Waals surface area contributed by atoms with Crippen LogP contribution in [0.4, 0.5) is 0 Å². The SMILES string of the molecule is CCCCc1cccc2c1CN(C(CCC(=O)O)C(N)=O)C2=O. The first-order chi connectivity index (χ1) is 11.0. The van der Waals surface area contributed by atoms with Crippen LogP contribution in [0.25, 0.3) is 0 Å². The predicted molar refractivity (Wildman–Crippen MR) is 84.8 cm³/mol. The van der Waals surface area contributed by atoms with E-state index in [-0.39, 0.29) is 18.7 Å². The molecule has 0 saturated heterocycles. The van der Waals surface area contributed by atoms with Crippen molar-refractivity contribution >= 4 is 17.8 Å². The first kappa shape index (κ1) is 17.0. The van der Waals surface area contributed by atoms with Gasteiger partial charge in [0.15, 0.2) is 0 Å². The Bertz CT molecular complexity index is 627. The Hall–Kier alpha value is -2.37. The molecule has 0 spiro atoms. The van der Waals surface area contributed by atoms with Gasteiger partial charge in [0.1, 0.15) is 6.04 Å². The number of carboxylic acid groups (broad SMARTS) is 1. The highest BCUT2D eigenvalue weighted by molar-refractivity contribution is 6.01. The zero-order valence-electron chi connectivity index (χ0n) is 13.2. The highest BCUT2D eigenvalue weighted by atomic mass is 16.4. The Labute approximate surface area is 135 Å². The molecule has 1 aromatic carbocycles. The molecule has 0 aliphatic carbocycles. The lowest BCUT2D eigenvalue weighted by Crippen LogP contribution is -2.45. The maximum Gasteiger partial charge on any atom is 0.303 e. The van der Waals surface area contributed by atoms with E-state index in [1.54, 1.807) is 6.07 Å². The van der Waals surface area contributed by atoms with Crippen LogP contribution < -0.4 is 5.73 Å². The third-order valence-corrected chi connectivity index (χ3v) is 4.23. The molecule has 0 bridgehead atoms. The van der Waals surface area contributed by atoms with Crippen LogP contribution >= 0.6 is 0 Å². The summed E-state index contributed by atoms with van der Waals surface area (Å²) in [6.45, 7) is 2.43. The van der Waals surface area contributed by atoms with Crippen LogP contribution in [0.5, 0.6) is 0 Å². The number of hydrogen-bond acceptors (Lipinski definition) is 3. The summed E-state index contributed by atoms with van der Waals surface area (Å²) in [4.78, 5) is 36.4. The summed E-state index contributed by atoms with van der Waals surface area (Å²) in [6, 6.07) is 4.72. The number of carboxylic acids is 1. The number of benzene rings is 1. The van der Waals surface area contributed by atoms with E-state index in [0.29, 0.717) is 12.1 Å². The van der Waals surface area contributed by atoms with Crippen LogP contribution in [0.3, 0.4) is 0 Å². The lowest BCUT2D eigenvalue weighted by molar-refractivity contribution is -0.137. The summed E-state index contributed by atoms with van der Waals surface area (Å²) in [5.74, 6) is -1.92. The van der Waals surface area contributed by atoms with Crippen molar-refractivity contribution < 1.29 is 19.5 Å². The van der Waals surface area contributed by atoms with Crippen molar-refractivity contribution in [1.82, 2.24) is 4.90 Å². The molecule has 0 saturated carbocycles. The summed E-state index contributed by atoms with van der Waals surface area (Å²) in [7, 11) is 0. The standard InChI is InChI=1S/C17H22N2O4/c1-2-3-5-11-6-4-7-12-13(11)10-19(17(12)23)14(16(18)22)8-9-15(20)21/h4,6-7,14H,2-3,5,8-10H2,1H3,(H2,18,22)(H,20,21). The topological polar surface area (TPSA) is 101 Å². The smallest absolute Gasteiger partial charge is 0.303 e. The molecule has 1 unspecified atom stereocenters. The third kappa shape index (κ3) is 3.70. The first-order valence-corrected chi connectivity index (χ1v) is 7.88. The maximum atomic E-state index is 12.6. The van der Waals surface area contributed by atoms with Gasteiger partial charge in [-0.15, -0.1) is 0 Å². The van der Waals surface area contributed by atoms with Crippen LogP contribution in [-0.4, -0.2) is 33.8 Å². The number of fused-ring (bicyclic) bond motifs is 1. The van der Waals surface area contributed by atoms with E-state index in [0.717, 1.165) is 30.4 Å². The summed E-state index contributed by atoms with van der Waals surface area (Å²) < 4.78 is 0. The minimum absolute atomic E-state index is 0.0364. The zero-order valence-corrected chi connectivity index (χ0v) is 13.2. The van der Waals surface area contributed by atoms with E-state index in [1.165, 1.54) is 4.90 Å². The molecule has 1 aliphatic heterocycles. The minimum Gasteiger partial charge on any atom is -0.481 e. The molecule has 0 radical (unpaired) electrons. The van der Waals surface area contributed by atoms with Crippen molar-refractivity contribution in [3.05, 3.63) is 34.9 Å². The van der Waals surface area contributed by atoms with Gasteiger partial charge in [-0.1, -0.05) is 25.5 Å². The van der Waals surface area contributed by atoms with Crippen LogP contribution in [0.2, 0.25) is 0 Å². The number of primary amides is 1. The fourth-order valence-electron chi connectivity index (χ4n) is 2.98. The molecule has 0 fully saturated rings. The van der Waals surface area contributed by atoms with Crippen molar-refractivity contribution in [2.75, 3.05) is 0 Å². The molecule has 6 heteroatoms. The molecular weight excluding hydrogens is 296 g/mol. The Morgan fingerprint density at radius 2 is 2.13 bits per heavy atom. The zero-order chi connectivity index (χ0) is 17.0. The largest absolute Gasteiger partial charge is 0.481 e. The van der Waals surface area contributed by atoms with Crippen molar-refractivity contribution in [2.45, 2.75) is 51.6 Å². The van der Waals surface area contributed by atoms with Crippen molar-refractivity contribution in [3.63, 3.8) is 0 Å². The van der Waals surface area contributed by atoms with E-state index in [2.05, 4.69) is 6.92 Å². The van der Waals surface area contributed by atoms with Crippen molar-refractivity contribution in [3.8, 4) is 0 Å². The van der Waals surface area contributed by atoms with Gasteiger partial charge in [-0.3, -0.25) is 14.4 Å². The fraction of sp³-hybridized carbons (Fsp3) is 0.471. The molecule has 1 atom stereocenters. The fourth-order valence-corrected chi connectivity index (χ4v) is 2.98. The number of aryl methyl sites for hydroxylation is 1. The number of carbonyl (C=O) groups excluding carboxylic acids is 2. The average Bonchev–Trinajstić information content (AvgIpc) is 2.83. The molecule has 23 heavy (non-hydrogen) atoms. The Kier molecular flexibility index (Phi) is 5.36. The quantitative estimate of drug-likeness (QED) is 0.762. The summed E-state index contributed by atoms with van der Waals surface area (Å²) in [6.07, 6.45) is 2.81. The molecular formula is C17H22N2O4. The van der Waals surface area contributed by atoms with Crippen molar-refractivity contribution in [2.24, 2.45) is 5.73 Å². The van der Waals surface area contributed by atoms with Gasteiger partial charge in [0.05, 0.1) is 0 Å². The van der Waals surface area contributed by atoms with Crippen LogP contribution in [0.15, 0.2) is 18.2 Å². The number of hydrogen-bond donors (Lipinski definition) is 2.